The van der Waals surface area contributed by atoms with E-state index in [-0.39, 0.29) is 16.5 Å². The van der Waals surface area contributed by atoms with Gasteiger partial charge >= 0.3 is 5.69 Å². The van der Waals surface area contributed by atoms with Crippen LogP contribution in [0, 0.1) is 10.1 Å². The predicted octanol–water partition coefficient (Wildman–Crippen LogP) is 2.72. The third-order valence-electron chi connectivity index (χ3n) is 2.51. The molecule has 7 nitrogen and oxygen atoms in total. The maximum Gasteiger partial charge on any atom is 0.313 e. The second kappa shape index (κ2) is 6.87. The van der Waals surface area contributed by atoms with Gasteiger partial charge < -0.3 is 15.8 Å². The maximum absolute atomic E-state index is 11.0. The van der Waals surface area contributed by atoms with E-state index in [0.29, 0.717) is 24.6 Å². The highest BCUT2D eigenvalue weighted by Gasteiger charge is 2.16. The lowest BCUT2D eigenvalue weighted by molar-refractivity contribution is -0.384. The molecule has 0 aliphatic carbocycles. The van der Waals surface area contributed by atoms with Gasteiger partial charge in [-0.15, -0.1) is 0 Å². The van der Waals surface area contributed by atoms with Gasteiger partial charge in [-0.05, 0) is 12.1 Å². The molecule has 0 bridgehead atoms. The normalized spacial score (nSPS) is 10.2. The summed E-state index contributed by atoms with van der Waals surface area (Å²) < 4.78 is 5.39. The Balaban J connectivity index is 2.24. The average molecular weight is 309 g/mol. The number of nitrogens with two attached hydrogens (primary N) is 1. The van der Waals surface area contributed by atoms with Crippen molar-refractivity contribution in [2.45, 2.75) is 0 Å². The van der Waals surface area contributed by atoms with Crippen LogP contribution in [-0.2, 0) is 0 Å². The standard InChI is InChI=1S/C13H13ClN4O3/c14-9-6-12(18(19)20)13(16-8-9)17-10-2-1-3-11(7-10)21-5-4-15/h1-3,6-8H,4-5,15H2,(H,16,17). The SMILES string of the molecule is NCCOc1cccc(Nc2ncc(Cl)cc2[N+](=O)[O-])c1. The number of nitrogens with zero attached hydrogens (tertiary/aromatic N) is 2. The van der Waals surface area contributed by atoms with Gasteiger partial charge in [0.05, 0.1) is 9.95 Å². The topological polar surface area (TPSA) is 103 Å². The minimum atomic E-state index is -0.546. The third kappa shape index (κ3) is 4.04. The number of aromatic nitrogens is 1. The first-order valence-corrected chi connectivity index (χ1v) is 6.48. The molecule has 0 radical (unpaired) electrons. The van der Waals surface area contributed by atoms with Crippen molar-refractivity contribution < 1.29 is 9.66 Å². The molecular formula is C13H13ClN4O3. The van der Waals surface area contributed by atoms with Crippen molar-refractivity contribution in [3.63, 3.8) is 0 Å². The number of anilines is 2. The number of hydrogen-bond donors (Lipinski definition) is 2. The van der Waals surface area contributed by atoms with Crippen LogP contribution >= 0.6 is 11.6 Å². The van der Waals surface area contributed by atoms with Crippen molar-refractivity contribution in [1.29, 1.82) is 0 Å². The lowest BCUT2D eigenvalue weighted by atomic mass is 10.3. The molecule has 0 aliphatic rings. The Morgan fingerprint density at radius 1 is 1.43 bits per heavy atom. The highest BCUT2D eigenvalue weighted by Crippen LogP contribution is 2.29. The van der Waals surface area contributed by atoms with Crippen LogP contribution in [0.25, 0.3) is 0 Å². The van der Waals surface area contributed by atoms with E-state index in [1.165, 1.54) is 12.3 Å². The zero-order chi connectivity index (χ0) is 15.2. The molecule has 110 valence electrons. The summed E-state index contributed by atoms with van der Waals surface area (Å²) in [4.78, 5) is 14.4. The fraction of sp³-hybridized carbons (Fsp3) is 0.154. The van der Waals surface area contributed by atoms with Gasteiger partial charge in [-0.2, -0.15) is 0 Å². The summed E-state index contributed by atoms with van der Waals surface area (Å²) >= 11 is 5.72. The van der Waals surface area contributed by atoms with Crippen molar-refractivity contribution >= 4 is 28.8 Å². The van der Waals surface area contributed by atoms with Gasteiger partial charge in [-0.25, -0.2) is 4.98 Å². The van der Waals surface area contributed by atoms with E-state index >= 15 is 0 Å². The van der Waals surface area contributed by atoms with Gasteiger partial charge in [0.15, 0.2) is 0 Å². The molecule has 0 unspecified atom stereocenters. The van der Waals surface area contributed by atoms with E-state index in [1.54, 1.807) is 24.3 Å². The molecule has 0 saturated carbocycles. The Morgan fingerprint density at radius 3 is 2.95 bits per heavy atom. The molecule has 1 aromatic carbocycles. The molecule has 0 fully saturated rings. The number of hydrogen-bond acceptors (Lipinski definition) is 6. The molecule has 0 atom stereocenters. The van der Waals surface area contributed by atoms with Crippen molar-refractivity contribution in [1.82, 2.24) is 4.98 Å². The molecule has 0 amide bonds. The first-order chi connectivity index (χ1) is 10.1. The minimum Gasteiger partial charge on any atom is -0.492 e. The number of nitrogens with one attached hydrogen (secondary N) is 1. The Bertz CT molecular complexity index is 651. The minimum absolute atomic E-state index is 0.111. The number of nitro groups is 1. The number of benzene rings is 1. The van der Waals surface area contributed by atoms with Crippen molar-refractivity contribution in [3.05, 3.63) is 51.7 Å². The van der Waals surface area contributed by atoms with Gasteiger partial charge in [0, 0.05) is 30.6 Å². The molecule has 21 heavy (non-hydrogen) atoms. The van der Waals surface area contributed by atoms with E-state index in [9.17, 15) is 10.1 Å². The second-order valence-electron chi connectivity index (χ2n) is 4.07. The molecular weight excluding hydrogens is 296 g/mol. The summed E-state index contributed by atoms with van der Waals surface area (Å²) in [6, 6.07) is 8.22. The fourth-order valence-corrected chi connectivity index (χ4v) is 1.79. The predicted molar refractivity (Wildman–Crippen MR) is 80.2 cm³/mol. The molecule has 1 heterocycles. The van der Waals surface area contributed by atoms with Gasteiger partial charge in [0.25, 0.3) is 0 Å². The van der Waals surface area contributed by atoms with E-state index < -0.39 is 4.92 Å². The van der Waals surface area contributed by atoms with Crippen LogP contribution in [0.1, 0.15) is 0 Å². The Kier molecular flexibility index (Phi) is 4.91. The van der Waals surface area contributed by atoms with Crippen LogP contribution in [0.5, 0.6) is 5.75 Å². The molecule has 8 heteroatoms. The average Bonchev–Trinajstić information content (AvgIpc) is 2.47. The Hall–Kier alpha value is -2.38. The second-order valence-corrected chi connectivity index (χ2v) is 4.50. The molecule has 0 saturated heterocycles. The largest absolute Gasteiger partial charge is 0.492 e. The van der Waals surface area contributed by atoms with Gasteiger partial charge in [-0.3, -0.25) is 10.1 Å². The van der Waals surface area contributed by atoms with Crippen molar-refractivity contribution in [2.75, 3.05) is 18.5 Å². The smallest absolute Gasteiger partial charge is 0.313 e. The van der Waals surface area contributed by atoms with Crippen molar-refractivity contribution in [2.24, 2.45) is 5.73 Å². The zero-order valence-corrected chi connectivity index (χ0v) is 11.7. The van der Waals surface area contributed by atoms with Crippen LogP contribution in [-0.4, -0.2) is 23.1 Å². The summed E-state index contributed by atoms with van der Waals surface area (Å²) in [5, 5.41) is 14.1. The van der Waals surface area contributed by atoms with Gasteiger partial charge in [0.2, 0.25) is 5.82 Å². The highest BCUT2D eigenvalue weighted by atomic mass is 35.5. The van der Waals surface area contributed by atoms with Crippen LogP contribution in [0.4, 0.5) is 17.2 Å². The lowest BCUT2D eigenvalue weighted by Gasteiger charge is -2.09. The van der Waals surface area contributed by atoms with Crippen LogP contribution in [0.15, 0.2) is 36.5 Å². The first-order valence-electron chi connectivity index (χ1n) is 6.10. The number of rotatable bonds is 6. The fourth-order valence-electron chi connectivity index (χ4n) is 1.64. The summed E-state index contributed by atoms with van der Waals surface area (Å²) in [7, 11) is 0. The van der Waals surface area contributed by atoms with Gasteiger partial charge in [0.1, 0.15) is 12.4 Å². The van der Waals surface area contributed by atoms with E-state index in [4.69, 9.17) is 22.1 Å². The summed E-state index contributed by atoms with van der Waals surface area (Å²) in [6.07, 6.45) is 1.34. The molecule has 3 N–H and O–H groups in total. The molecule has 1 aromatic heterocycles. The summed E-state index contributed by atoms with van der Waals surface area (Å²) in [6.45, 7) is 0.796. The maximum atomic E-state index is 11.0. The highest BCUT2D eigenvalue weighted by molar-refractivity contribution is 6.30. The third-order valence-corrected chi connectivity index (χ3v) is 2.72. The van der Waals surface area contributed by atoms with E-state index in [2.05, 4.69) is 10.3 Å². The van der Waals surface area contributed by atoms with Crippen LogP contribution < -0.4 is 15.8 Å². The number of pyridine rings is 1. The summed E-state index contributed by atoms with van der Waals surface area (Å²) in [5.41, 5.74) is 5.78. The number of halogens is 1. The van der Waals surface area contributed by atoms with Crippen LogP contribution in [0.3, 0.4) is 0 Å². The quantitative estimate of drug-likeness (QED) is 0.628. The lowest BCUT2D eigenvalue weighted by Crippen LogP contribution is -2.10. The Morgan fingerprint density at radius 2 is 2.24 bits per heavy atom. The van der Waals surface area contributed by atoms with Crippen LogP contribution in [0.2, 0.25) is 5.02 Å². The molecule has 0 spiro atoms. The van der Waals surface area contributed by atoms with Gasteiger partial charge in [-0.1, -0.05) is 17.7 Å². The zero-order valence-electron chi connectivity index (χ0n) is 11.0. The monoisotopic (exact) mass is 308 g/mol. The molecule has 0 aliphatic heterocycles. The molecule has 2 aromatic rings. The van der Waals surface area contributed by atoms with E-state index in [0.717, 1.165) is 0 Å². The summed E-state index contributed by atoms with van der Waals surface area (Å²) in [5.74, 6) is 0.724. The Labute approximate surface area is 125 Å². The molecule has 2 rings (SSSR count). The van der Waals surface area contributed by atoms with E-state index in [1.807, 2.05) is 0 Å². The van der Waals surface area contributed by atoms with Crippen molar-refractivity contribution in [3.8, 4) is 5.75 Å². The first kappa shape index (κ1) is 15.0. The number of ether oxygens (including phenoxy) is 1.